The van der Waals surface area contributed by atoms with E-state index in [1.807, 2.05) is 0 Å². The van der Waals surface area contributed by atoms with Crippen LogP contribution in [-0.2, 0) is 0 Å². The van der Waals surface area contributed by atoms with Crippen molar-refractivity contribution in [1.82, 2.24) is 0 Å². The fraction of sp³-hybridized carbons (Fsp3) is 0.0714. The quantitative estimate of drug-likeness (QED) is 0.693. The van der Waals surface area contributed by atoms with Crippen molar-refractivity contribution in [3.8, 4) is 5.75 Å². The van der Waals surface area contributed by atoms with Gasteiger partial charge in [-0.1, -0.05) is 11.6 Å². The number of nitrogens with two attached hydrogens (primary N) is 1. The number of hydrogen-bond acceptors (Lipinski definition) is 3. The summed E-state index contributed by atoms with van der Waals surface area (Å²) >= 11 is 5.94. The lowest BCUT2D eigenvalue weighted by Gasteiger charge is -2.07. The van der Waals surface area contributed by atoms with Crippen molar-refractivity contribution < 1.29 is 13.9 Å². The Morgan fingerprint density at radius 1 is 1.26 bits per heavy atom. The van der Waals surface area contributed by atoms with Crippen LogP contribution < -0.4 is 10.5 Å². The molecule has 19 heavy (non-hydrogen) atoms. The lowest BCUT2D eigenvalue weighted by Crippen LogP contribution is -2.05. The number of anilines is 1. The number of rotatable bonds is 3. The number of benzene rings is 2. The predicted molar refractivity (Wildman–Crippen MR) is 72.2 cm³/mol. The van der Waals surface area contributed by atoms with Gasteiger partial charge in [-0.05, 0) is 36.4 Å². The Bertz CT molecular complexity index is 643. The zero-order valence-electron chi connectivity index (χ0n) is 10.1. The number of carbonyl (C=O) groups is 1. The van der Waals surface area contributed by atoms with Crippen LogP contribution in [0.1, 0.15) is 15.9 Å². The van der Waals surface area contributed by atoms with Crippen LogP contribution in [0.25, 0.3) is 0 Å². The number of ether oxygens (including phenoxy) is 1. The highest BCUT2D eigenvalue weighted by Crippen LogP contribution is 2.26. The molecule has 3 nitrogen and oxygen atoms in total. The maximum Gasteiger partial charge on any atom is 0.196 e. The van der Waals surface area contributed by atoms with E-state index in [1.54, 1.807) is 6.07 Å². The summed E-state index contributed by atoms with van der Waals surface area (Å²) in [7, 11) is 1.47. The zero-order chi connectivity index (χ0) is 14.0. The first-order valence-corrected chi connectivity index (χ1v) is 5.84. The predicted octanol–water partition coefficient (Wildman–Crippen LogP) is 3.30. The third-order valence-corrected chi connectivity index (χ3v) is 2.94. The van der Waals surface area contributed by atoms with Gasteiger partial charge in [-0.15, -0.1) is 0 Å². The molecule has 0 aliphatic carbocycles. The second-order valence-corrected chi connectivity index (χ2v) is 4.32. The van der Waals surface area contributed by atoms with Gasteiger partial charge in [0.2, 0.25) is 0 Å². The number of carbonyl (C=O) groups excluding carboxylic acids is 1. The fourth-order valence-corrected chi connectivity index (χ4v) is 1.94. The second-order valence-electron chi connectivity index (χ2n) is 3.92. The molecule has 0 unspecified atom stereocenters. The minimum Gasteiger partial charge on any atom is -0.495 e. The van der Waals surface area contributed by atoms with Crippen LogP contribution in [0.3, 0.4) is 0 Å². The van der Waals surface area contributed by atoms with Gasteiger partial charge < -0.3 is 10.5 Å². The molecule has 98 valence electrons. The Labute approximate surface area is 114 Å². The number of hydrogen-bond donors (Lipinski definition) is 1. The average Bonchev–Trinajstić information content (AvgIpc) is 2.40. The van der Waals surface area contributed by atoms with Gasteiger partial charge in [-0.2, -0.15) is 0 Å². The van der Waals surface area contributed by atoms with E-state index in [0.29, 0.717) is 11.4 Å². The number of nitrogen functional groups attached to an aromatic ring is 1. The molecule has 0 fully saturated rings. The maximum atomic E-state index is 13.6. The minimum absolute atomic E-state index is 0.0822. The third kappa shape index (κ3) is 2.69. The molecule has 0 saturated heterocycles. The molecule has 0 bridgehead atoms. The lowest BCUT2D eigenvalue weighted by atomic mass is 10.0. The first-order chi connectivity index (χ1) is 9.02. The first kappa shape index (κ1) is 13.4. The maximum absolute atomic E-state index is 13.6. The van der Waals surface area contributed by atoms with Crippen LogP contribution in [0.2, 0.25) is 5.02 Å². The van der Waals surface area contributed by atoms with E-state index in [9.17, 15) is 9.18 Å². The molecule has 0 radical (unpaired) electrons. The Balaban J connectivity index is 2.44. The molecule has 0 aliphatic heterocycles. The molecule has 5 heteroatoms. The molecular weight excluding hydrogens is 269 g/mol. The number of ketones is 1. The van der Waals surface area contributed by atoms with Crippen molar-refractivity contribution in [2.45, 2.75) is 0 Å². The van der Waals surface area contributed by atoms with Crippen LogP contribution in [0.15, 0.2) is 36.4 Å². The van der Waals surface area contributed by atoms with Crippen LogP contribution >= 0.6 is 11.6 Å². The smallest absolute Gasteiger partial charge is 0.196 e. The Morgan fingerprint density at radius 3 is 2.63 bits per heavy atom. The summed E-state index contributed by atoms with van der Waals surface area (Å²) in [5, 5.41) is 0.290. The van der Waals surface area contributed by atoms with E-state index in [4.69, 9.17) is 22.1 Å². The molecule has 2 rings (SSSR count). The van der Waals surface area contributed by atoms with Crippen LogP contribution in [0.5, 0.6) is 5.75 Å². The normalized spacial score (nSPS) is 10.3. The molecule has 0 heterocycles. The summed E-state index contributed by atoms with van der Waals surface area (Å²) in [4.78, 5) is 12.2. The highest BCUT2D eigenvalue weighted by molar-refractivity contribution is 6.32. The van der Waals surface area contributed by atoms with Gasteiger partial charge in [0.15, 0.2) is 5.78 Å². The van der Waals surface area contributed by atoms with Crippen molar-refractivity contribution in [2.24, 2.45) is 0 Å². The largest absolute Gasteiger partial charge is 0.495 e. The summed E-state index contributed by atoms with van der Waals surface area (Å²) in [6.45, 7) is 0. The van der Waals surface area contributed by atoms with Crippen LogP contribution in [0.4, 0.5) is 10.1 Å². The molecule has 0 aromatic heterocycles. The summed E-state index contributed by atoms with van der Waals surface area (Å²) < 4.78 is 18.6. The summed E-state index contributed by atoms with van der Waals surface area (Å²) in [5.74, 6) is -0.647. The standard InChI is InChI=1S/C14H11ClFNO2/c1-19-13-5-2-8(6-11(13)15)14(18)10-7-9(17)3-4-12(10)16/h2-7H,17H2,1H3. The highest BCUT2D eigenvalue weighted by Gasteiger charge is 2.15. The van der Waals surface area contributed by atoms with Crippen molar-refractivity contribution in [3.63, 3.8) is 0 Å². The SMILES string of the molecule is COc1ccc(C(=O)c2cc(N)ccc2F)cc1Cl. The van der Waals surface area contributed by atoms with Gasteiger partial charge in [0.1, 0.15) is 11.6 Å². The molecule has 0 saturated carbocycles. The number of halogens is 2. The van der Waals surface area contributed by atoms with E-state index in [1.165, 1.54) is 31.4 Å². The van der Waals surface area contributed by atoms with Gasteiger partial charge in [0, 0.05) is 11.3 Å². The van der Waals surface area contributed by atoms with Gasteiger partial charge in [0.25, 0.3) is 0 Å². The third-order valence-electron chi connectivity index (χ3n) is 2.65. The Kier molecular flexibility index (Phi) is 3.71. The molecule has 0 spiro atoms. The molecule has 2 aromatic rings. The van der Waals surface area contributed by atoms with Crippen LogP contribution in [-0.4, -0.2) is 12.9 Å². The molecule has 2 N–H and O–H groups in total. The Morgan fingerprint density at radius 2 is 2.00 bits per heavy atom. The summed E-state index contributed by atoms with van der Waals surface area (Å²) in [5.41, 5.74) is 6.07. The van der Waals surface area contributed by atoms with Gasteiger partial charge in [-0.25, -0.2) is 4.39 Å². The molecule has 0 amide bonds. The van der Waals surface area contributed by atoms with Crippen molar-refractivity contribution in [2.75, 3.05) is 12.8 Å². The van der Waals surface area contributed by atoms with Gasteiger partial charge in [-0.3, -0.25) is 4.79 Å². The average molecular weight is 280 g/mol. The van der Waals surface area contributed by atoms with Crippen LogP contribution in [0, 0.1) is 5.82 Å². The number of methoxy groups -OCH3 is 1. The lowest BCUT2D eigenvalue weighted by molar-refractivity contribution is 0.103. The summed E-state index contributed by atoms with van der Waals surface area (Å²) in [6.07, 6.45) is 0. The van der Waals surface area contributed by atoms with E-state index >= 15 is 0 Å². The van der Waals surface area contributed by atoms with Gasteiger partial charge >= 0.3 is 0 Å². The van der Waals surface area contributed by atoms with Crippen molar-refractivity contribution in [3.05, 3.63) is 58.4 Å². The Hall–Kier alpha value is -2.07. The molecular formula is C14H11ClFNO2. The van der Waals surface area contributed by atoms with E-state index < -0.39 is 11.6 Å². The first-order valence-electron chi connectivity index (χ1n) is 5.46. The monoisotopic (exact) mass is 279 g/mol. The van der Waals surface area contributed by atoms with Crippen molar-refractivity contribution in [1.29, 1.82) is 0 Å². The molecule has 2 aromatic carbocycles. The summed E-state index contributed by atoms with van der Waals surface area (Å²) in [6, 6.07) is 8.37. The molecule has 0 aliphatic rings. The zero-order valence-corrected chi connectivity index (χ0v) is 10.9. The van der Waals surface area contributed by atoms with Gasteiger partial charge in [0.05, 0.1) is 17.7 Å². The van der Waals surface area contributed by atoms with E-state index in [-0.39, 0.29) is 16.1 Å². The van der Waals surface area contributed by atoms with E-state index in [0.717, 1.165) is 6.07 Å². The topological polar surface area (TPSA) is 52.3 Å². The van der Waals surface area contributed by atoms with Crippen molar-refractivity contribution >= 4 is 23.1 Å². The highest BCUT2D eigenvalue weighted by atomic mass is 35.5. The minimum atomic E-state index is -0.619. The molecule has 0 atom stereocenters. The second kappa shape index (κ2) is 5.28. The fourth-order valence-electron chi connectivity index (χ4n) is 1.68. The van der Waals surface area contributed by atoms with E-state index in [2.05, 4.69) is 0 Å².